The SMILES string of the molecule is O=C(O)c1cccc(F)c1NCC(=O)N1CCNCC1. The highest BCUT2D eigenvalue weighted by Gasteiger charge is 2.18. The van der Waals surface area contributed by atoms with Crippen LogP contribution in [0.4, 0.5) is 10.1 Å². The molecule has 0 aliphatic carbocycles. The smallest absolute Gasteiger partial charge is 0.337 e. The highest BCUT2D eigenvalue weighted by molar-refractivity contribution is 5.95. The zero-order valence-corrected chi connectivity index (χ0v) is 10.9. The fraction of sp³-hybridized carbons (Fsp3) is 0.385. The number of piperazine rings is 1. The zero-order chi connectivity index (χ0) is 14.5. The largest absolute Gasteiger partial charge is 0.478 e. The number of hydrogen-bond donors (Lipinski definition) is 3. The van der Waals surface area contributed by atoms with Crippen molar-refractivity contribution >= 4 is 17.6 Å². The summed E-state index contributed by atoms with van der Waals surface area (Å²) in [4.78, 5) is 24.6. The van der Waals surface area contributed by atoms with Gasteiger partial charge >= 0.3 is 5.97 Å². The van der Waals surface area contributed by atoms with Gasteiger partial charge in [-0.1, -0.05) is 6.07 Å². The number of carbonyl (C=O) groups excluding carboxylic acids is 1. The van der Waals surface area contributed by atoms with Crippen molar-refractivity contribution in [3.05, 3.63) is 29.6 Å². The van der Waals surface area contributed by atoms with E-state index < -0.39 is 11.8 Å². The molecule has 0 aromatic heterocycles. The molecule has 1 aromatic carbocycles. The van der Waals surface area contributed by atoms with Gasteiger partial charge in [0.1, 0.15) is 5.82 Å². The van der Waals surface area contributed by atoms with Gasteiger partial charge in [-0.2, -0.15) is 0 Å². The van der Waals surface area contributed by atoms with Gasteiger partial charge in [-0.05, 0) is 12.1 Å². The molecule has 0 saturated carbocycles. The lowest BCUT2D eigenvalue weighted by Crippen LogP contribution is -2.48. The molecule has 1 aromatic rings. The minimum atomic E-state index is -1.23. The van der Waals surface area contributed by atoms with Gasteiger partial charge in [0.15, 0.2) is 0 Å². The first-order valence-electron chi connectivity index (χ1n) is 6.34. The van der Waals surface area contributed by atoms with E-state index in [1.807, 2.05) is 0 Å². The summed E-state index contributed by atoms with van der Waals surface area (Å²) in [7, 11) is 0. The van der Waals surface area contributed by atoms with E-state index in [2.05, 4.69) is 10.6 Å². The summed E-state index contributed by atoms with van der Waals surface area (Å²) >= 11 is 0. The van der Waals surface area contributed by atoms with Crippen LogP contribution in [0.25, 0.3) is 0 Å². The number of carboxylic acids is 1. The van der Waals surface area contributed by atoms with E-state index in [4.69, 9.17) is 5.11 Å². The number of benzene rings is 1. The molecule has 0 radical (unpaired) electrons. The maximum absolute atomic E-state index is 13.6. The van der Waals surface area contributed by atoms with E-state index in [0.29, 0.717) is 13.1 Å². The number of anilines is 1. The fourth-order valence-corrected chi connectivity index (χ4v) is 2.07. The maximum atomic E-state index is 13.6. The number of aromatic carboxylic acids is 1. The zero-order valence-electron chi connectivity index (χ0n) is 10.9. The molecule has 7 heteroatoms. The van der Waals surface area contributed by atoms with Gasteiger partial charge in [-0.25, -0.2) is 9.18 Å². The number of nitrogens with one attached hydrogen (secondary N) is 2. The van der Waals surface area contributed by atoms with Crippen LogP contribution in [0.3, 0.4) is 0 Å². The fourth-order valence-electron chi connectivity index (χ4n) is 2.07. The summed E-state index contributed by atoms with van der Waals surface area (Å²) in [6.45, 7) is 2.53. The molecule has 0 spiro atoms. The summed E-state index contributed by atoms with van der Waals surface area (Å²) < 4.78 is 13.6. The Balaban J connectivity index is 2.03. The number of nitrogens with zero attached hydrogens (tertiary/aromatic N) is 1. The van der Waals surface area contributed by atoms with Crippen LogP contribution in [-0.2, 0) is 4.79 Å². The number of para-hydroxylation sites is 1. The second kappa shape index (κ2) is 6.33. The van der Waals surface area contributed by atoms with Crippen molar-refractivity contribution in [3.63, 3.8) is 0 Å². The van der Waals surface area contributed by atoms with Crippen molar-refractivity contribution in [2.75, 3.05) is 38.0 Å². The van der Waals surface area contributed by atoms with Gasteiger partial charge in [0.05, 0.1) is 17.8 Å². The molecular formula is C13H16FN3O3. The summed E-state index contributed by atoms with van der Waals surface area (Å²) in [6, 6.07) is 3.77. The predicted octanol–water partition coefficient (Wildman–Crippen LogP) is 0.368. The summed E-state index contributed by atoms with van der Waals surface area (Å²) in [5.41, 5.74) is -0.332. The highest BCUT2D eigenvalue weighted by atomic mass is 19.1. The van der Waals surface area contributed by atoms with Crippen molar-refractivity contribution in [2.45, 2.75) is 0 Å². The number of halogens is 1. The molecule has 0 unspecified atom stereocenters. The van der Waals surface area contributed by atoms with Crippen molar-refractivity contribution in [1.29, 1.82) is 0 Å². The average Bonchev–Trinajstić information content (AvgIpc) is 2.46. The lowest BCUT2D eigenvalue weighted by Gasteiger charge is -2.27. The normalized spacial score (nSPS) is 14.9. The van der Waals surface area contributed by atoms with Crippen LogP contribution in [0.15, 0.2) is 18.2 Å². The van der Waals surface area contributed by atoms with Gasteiger partial charge in [0.25, 0.3) is 0 Å². The Morgan fingerprint density at radius 2 is 2.05 bits per heavy atom. The van der Waals surface area contributed by atoms with E-state index in [1.54, 1.807) is 4.90 Å². The van der Waals surface area contributed by atoms with Gasteiger partial charge in [-0.15, -0.1) is 0 Å². The van der Waals surface area contributed by atoms with E-state index in [9.17, 15) is 14.0 Å². The predicted molar refractivity (Wildman–Crippen MR) is 71.3 cm³/mol. The van der Waals surface area contributed by atoms with Crippen molar-refractivity contribution in [2.24, 2.45) is 0 Å². The highest BCUT2D eigenvalue weighted by Crippen LogP contribution is 2.19. The monoisotopic (exact) mass is 281 g/mol. The molecule has 1 aliphatic heterocycles. The Morgan fingerprint density at radius 1 is 1.35 bits per heavy atom. The Kier molecular flexibility index (Phi) is 4.52. The Bertz CT molecular complexity index is 516. The molecule has 0 bridgehead atoms. The third kappa shape index (κ3) is 3.24. The van der Waals surface area contributed by atoms with Crippen LogP contribution >= 0.6 is 0 Å². The molecular weight excluding hydrogens is 265 g/mol. The van der Waals surface area contributed by atoms with E-state index in [1.165, 1.54) is 12.1 Å². The summed E-state index contributed by atoms with van der Waals surface area (Å²) in [5, 5.41) is 14.7. The second-order valence-corrected chi connectivity index (χ2v) is 4.45. The molecule has 20 heavy (non-hydrogen) atoms. The van der Waals surface area contributed by atoms with Crippen LogP contribution in [0.1, 0.15) is 10.4 Å². The molecule has 0 atom stereocenters. The maximum Gasteiger partial charge on any atom is 0.337 e. The van der Waals surface area contributed by atoms with Crippen molar-refractivity contribution in [3.8, 4) is 0 Å². The number of carbonyl (C=O) groups is 2. The van der Waals surface area contributed by atoms with Gasteiger partial charge in [0, 0.05) is 26.2 Å². The minimum absolute atomic E-state index is 0.124. The molecule has 108 valence electrons. The van der Waals surface area contributed by atoms with Gasteiger partial charge in [-0.3, -0.25) is 4.79 Å². The Labute approximate surface area is 115 Å². The second-order valence-electron chi connectivity index (χ2n) is 4.45. The number of amides is 1. The first-order chi connectivity index (χ1) is 9.59. The lowest BCUT2D eigenvalue weighted by atomic mass is 10.1. The quantitative estimate of drug-likeness (QED) is 0.743. The van der Waals surface area contributed by atoms with Crippen LogP contribution in [-0.4, -0.2) is 54.6 Å². The van der Waals surface area contributed by atoms with Crippen LogP contribution in [0.2, 0.25) is 0 Å². The first kappa shape index (κ1) is 14.3. The van der Waals surface area contributed by atoms with Crippen LogP contribution < -0.4 is 10.6 Å². The average molecular weight is 281 g/mol. The van der Waals surface area contributed by atoms with Crippen molar-refractivity contribution < 1.29 is 19.1 Å². The number of hydrogen-bond acceptors (Lipinski definition) is 4. The van der Waals surface area contributed by atoms with Crippen LogP contribution in [0.5, 0.6) is 0 Å². The Morgan fingerprint density at radius 3 is 2.70 bits per heavy atom. The molecule has 6 nitrogen and oxygen atoms in total. The topological polar surface area (TPSA) is 81.7 Å². The van der Waals surface area contributed by atoms with Crippen molar-refractivity contribution in [1.82, 2.24) is 10.2 Å². The first-order valence-corrected chi connectivity index (χ1v) is 6.34. The molecule has 2 rings (SSSR count). The molecule has 1 fully saturated rings. The lowest BCUT2D eigenvalue weighted by molar-refractivity contribution is -0.129. The van der Waals surface area contributed by atoms with Gasteiger partial charge < -0.3 is 20.6 Å². The standard InChI is InChI=1S/C13H16FN3O3/c14-10-3-1-2-9(13(19)20)12(10)16-8-11(18)17-6-4-15-5-7-17/h1-3,15-16H,4-8H2,(H,19,20). The minimum Gasteiger partial charge on any atom is -0.478 e. The molecule has 3 N–H and O–H groups in total. The third-order valence-electron chi connectivity index (χ3n) is 3.13. The van der Waals surface area contributed by atoms with Crippen LogP contribution in [0, 0.1) is 5.82 Å². The molecule has 1 heterocycles. The number of rotatable bonds is 4. The third-order valence-corrected chi connectivity index (χ3v) is 3.13. The Hall–Kier alpha value is -2.15. The van der Waals surface area contributed by atoms with E-state index in [0.717, 1.165) is 19.2 Å². The molecule has 1 saturated heterocycles. The summed E-state index contributed by atoms with van der Waals surface area (Å²) in [6.07, 6.45) is 0. The van der Waals surface area contributed by atoms with Gasteiger partial charge in [0.2, 0.25) is 5.91 Å². The summed E-state index contributed by atoms with van der Waals surface area (Å²) in [5.74, 6) is -2.09. The molecule has 1 aliphatic rings. The van der Waals surface area contributed by atoms with E-state index >= 15 is 0 Å². The van der Waals surface area contributed by atoms with E-state index in [-0.39, 0.29) is 23.7 Å². The number of carboxylic acid groups (broad SMARTS) is 1. The molecule has 1 amide bonds.